The van der Waals surface area contributed by atoms with E-state index in [1.54, 1.807) is 32.4 Å². The van der Waals surface area contributed by atoms with Crippen molar-refractivity contribution in [2.24, 2.45) is 5.92 Å². The third kappa shape index (κ3) is 3.54. The molecule has 1 aliphatic heterocycles. The van der Waals surface area contributed by atoms with Crippen LogP contribution in [0.2, 0.25) is 0 Å². The summed E-state index contributed by atoms with van der Waals surface area (Å²) in [6, 6.07) is 13.5. The number of para-hydroxylation sites is 2. The lowest BCUT2D eigenvalue weighted by molar-refractivity contribution is 0.0680. The maximum atomic E-state index is 13.0. The molecule has 0 N–H and O–H groups in total. The van der Waals surface area contributed by atoms with Crippen LogP contribution in [0.4, 0.5) is 0 Å². The first-order chi connectivity index (χ1) is 13.7. The van der Waals surface area contributed by atoms with Crippen molar-refractivity contribution < 1.29 is 14.3 Å². The SMILES string of the molecule is COc1ccc(C(=O)N2CCC(Cn3cnc4ccccc43)CC2)c(OC)c1. The molecule has 6 nitrogen and oxygen atoms in total. The van der Waals surface area contributed by atoms with Crippen molar-refractivity contribution in [1.29, 1.82) is 0 Å². The minimum Gasteiger partial charge on any atom is -0.497 e. The van der Waals surface area contributed by atoms with Gasteiger partial charge < -0.3 is 18.9 Å². The van der Waals surface area contributed by atoms with Crippen LogP contribution < -0.4 is 9.47 Å². The number of imidazole rings is 1. The smallest absolute Gasteiger partial charge is 0.257 e. The fourth-order valence-corrected chi connectivity index (χ4v) is 3.90. The van der Waals surface area contributed by atoms with Crippen molar-refractivity contribution in [3.05, 3.63) is 54.4 Å². The van der Waals surface area contributed by atoms with Crippen LogP contribution in [0.1, 0.15) is 23.2 Å². The van der Waals surface area contributed by atoms with Gasteiger partial charge in [-0.1, -0.05) is 12.1 Å². The minimum absolute atomic E-state index is 0.0195. The van der Waals surface area contributed by atoms with Crippen LogP contribution in [0.25, 0.3) is 11.0 Å². The number of hydrogen-bond acceptors (Lipinski definition) is 4. The molecule has 0 aliphatic carbocycles. The van der Waals surface area contributed by atoms with E-state index in [9.17, 15) is 4.79 Å². The van der Waals surface area contributed by atoms with Crippen molar-refractivity contribution in [2.75, 3.05) is 27.3 Å². The fraction of sp³-hybridized carbons (Fsp3) is 0.364. The summed E-state index contributed by atoms with van der Waals surface area (Å²) in [6.07, 6.45) is 3.89. The molecule has 2 aromatic carbocycles. The van der Waals surface area contributed by atoms with Gasteiger partial charge in [0.15, 0.2) is 0 Å². The number of fused-ring (bicyclic) bond motifs is 1. The second-order valence-electron chi connectivity index (χ2n) is 7.19. The zero-order valence-electron chi connectivity index (χ0n) is 16.3. The Morgan fingerprint density at radius 1 is 1.11 bits per heavy atom. The van der Waals surface area contributed by atoms with Gasteiger partial charge in [-0.15, -0.1) is 0 Å². The number of ether oxygens (including phenoxy) is 2. The Balaban J connectivity index is 1.40. The molecular weight excluding hydrogens is 354 g/mol. The molecule has 28 heavy (non-hydrogen) atoms. The van der Waals surface area contributed by atoms with E-state index in [4.69, 9.17) is 9.47 Å². The van der Waals surface area contributed by atoms with E-state index in [-0.39, 0.29) is 5.91 Å². The highest BCUT2D eigenvalue weighted by molar-refractivity contribution is 5.97. The molecule has 3 aromatic rings. The zero-order chi connectivity index (χ0) is 19.5. The molecule has 0 radical (unpaired) electrons. The zero-order valence-corrected chi connectivity index (χ0v) is 16.3. The largest absolute Gasteiger partial charge is 0.497 e. The predicted molar refractivity (Wildman–Crippen MR) is 108 cm³/mol. The number of methoxy groups -OCH3 is 2. The Hall–Kier alpha value is -3.02. The number of carbonyl (C=O) groups is 1. The molecular formula is C22H25N3O3. The number of nitrogens with zero attached hydrogens (tertiary/aromatic N) is 3. The van der Waals surface area contributed by atoms with Gasteiger partial charge in [-0.2, -0.15) is 0 Å². The topological polar surface area (TPSA) is 56.6 Å². The highest BCUT2D eigenvalue weighted by Crippen LogP contribution is 2.28. The van der Waals surface area contributed by atoms with Crippen molar-refractivity contribution in [2.45, 2.75) is 19.4 Å². The lowest BCUT2D eigenvalue weighted by Crippen LogP contribution is -2.39. The molecule has 1 aromatic heterocycles. The van der Waals surface area contributed by atoms with Crippen LogP contribution in [0.3, 0.4) is 0 Å². The number of hydrogen-bond donors (Lipinski definition) is 0. The summed E-state index contributed by atoms with van der Waals surface area (Å²) in [5, 5.41) is 0. The highest BCUT2D eigenvalue weighted by atomic mass is 16.5. The summed E-state index contributed by atoms with van der Waals surface area (Å²) in [4.78, 5) is 19.4. The predicted octanol–water partition coefficient (Wildman–Crippen LogP) is 3.61. The quantitative estimate of drug-likeness (QED) is 0.680. The van der Waals surface area contributed by atoms with Gasteiger partial charge in [0.1, 0.15) is 11.5 Å². The number of piperidine rings is 1. The Labute approximate surface area is 164 Å². The second kappa shape index (κ2) is 7.92. The van der Waals surface area contributed by atoms with Crippen molar-refractivity contribution >= 4 is 16.9 Å². The van der Waals surface area contributed by atoms with Crippen LogP contribution in [0.5, 0.6) is 11.5 Å². The molecule has 146 valence electrons. The first-order valence-electron chi connectivity index (χ1n) is 9.60. The Bertz CT molecular complexity index is 974. The molecule has 2 heterocycles. The van der Waals surface area contributed by atoms with Crippen LogP contribution in [0, 0.1) is 5.92 Å². The number of benzene rings is 2. The average molecular weight is 379 g/mol. The molecule has 4 rings (SSSR count). The Kier molecular flexibility index (Phi) is 5.19. The van der Waals surface area contributed by atoms with Gasteiger partial charge in [-0.05, 0) is 43.0 Å². The third-order valence-corrected chi connectivity index (χ3v) is 5.52. The van der Waals surface area contributed by atoms with Crippen LogP contribution in [-0.2, 0) is 6.54 Å². The summed E-state index contributed by atoms with van der Waals surface area (Å²) in [5.41, 5.74) is 2.79. The summed E-state index contributed by atoms with van der Waals surface area (Å²) >= 11 is 0. The number of likely N-dealkylation sites (tertiary alicyclic amines) is 1. The number of rotatable bonds is 5. The molecule has 1 amide bonds. The van der Waals surface area contributed by atoms with Gasteiger partial charge in [0.25, 0.3) is 5.91 Å². The van der Waals surface area contributed by atoms with E-state index >= 15 is 0 Å². The van der Waals surface area contributed by atoms with E-state index in [0.29, 0.717) is 23.0 Å². The van der Waals surface area contributed by atoms with Crippen LogP contribution >= 0.6 is 0 Å². The molecule has 0 spiro atoms. The number of amides is 1. The first-order valence-corrected chi connectivity index (χ1v) is 9.60. The van der Waals surface area contributed by atoms with Crippen molar-refractivity contribution in [3.8, 4) is 11.5 Å². The molecule has 1 fully saturated rings. The molecule has 0 saturated carbocycles. The average Bonchev–Trinajstić information content (AvgIpc) is 3.16. The normalized spacial score (nSPS) is 15.0. The van der Waals surface area contributed by atoms with Crippen LogP contribution in [-0.4, -0.2) is 47.7 Å². The minimum atomic E-state index is 0.0195. The monoisotopic (exact) mass is 379 g/mol. The van der Waals surface area contributed by atoms with Gasteiger partial charge in [0.2, 0.25) is 0 Å². The summed E-state index contributed by atoms with van der Waals surface area (Å²) in [5.74, 6) is 1.79. The molecule has 1 saturated heterocycles. The first kappa shape index (κ1) is 18.3. The van der Waals surface area contributed by atoms with Crippen molar-refractivity contribution in [3.63, 3.8) is 0 Å². The summed E-state index contributed by atoms with van der Waals surface area (Å²) in [7, 11) is 3.18. The Morgan fingerprint density at radius 3 is 2.64 bits per heavy atom. The van der Waals surface area contributed by atoms with Crippen molar-refractivity contribution in [1.82, 2.24) is 14.5 Å². The lowest BCUT2D eigenvalue weighted by atomic mass is 9.96. The molecule has 0 unspecified atom stereocenters. The Morgan fingerprint density at radius 2 is 1.89 bits per heavy atom. The summed E-state index contributed by atoms with van der Waals surface area (Å²) < 4.78 is 12.8. The van der Waals surface area contributed by atoms with Gasteiger partial charge >= 0.3 is 0 Å². The van der Waals surface area contributed by atoms with E-state index in [1.165, 1.54) is 5.52 Å². The fourth-order valence-electron chi connectivity index (χ4n) is 3.90. The number of carbonyl (C=O) groups excluding carboxylic acids is 1. The highest BCUT2D eigenvalue weighted by Gasteiger charge is 2.26. The molecule has 0 bridgehead atoms. The van der Waals surface area contributed by atoms with Gasteiger partial charge in [0, 0.05) is 25.7 Å². The van der Waals surface area contributed by atoms with E-state index in [0.717, 1.165) is 38.0 Å². The van der Waals surface area contributed by atoms with Gasteiger partial charge in [-0.3, -0.25) is 4.79 Å². The molecule has 6 heteroatoms. The summed E-state index contributed by atoms with van der Waals surface area (Å²) in [6.45, 7) is 2.45. The lowest BCUT2D eigenvalue weighted by Gasteiger charge is -2.32. The van der Waals surface area contributed by atoms with E-state index in [2.05, 4.69) is 15.6 Å². The standard InChI is InChI=1S/C22H25N3O3/c1-27-17-7-8-18(21(13-17)28-2)22(26)24-11-9-16(10-12-24)14-25-15-23-19-5-3-4-6-20(19)25/h3-8,13,15-16H,9-12,14H2,1-2H3. The van der Waals surface area contributed by atoms with E-state index < -0.39 is 0 Å². The van der Waals surface area contributed by atoms with Gasteiger partial charge in [0.05, 0.1) is 37.1 Å². The maximum Gasteiger partial charge on any atom is 0.257 e. The molecule has 0 atom stereocenters. The third-order valence-electron chi connectivity index (χ3n) is 5.52. The number of aromatic nitrogens is 2. The molecule has 1 aliphatic rings. The maximum absolute atomic E-state index is 13.0. The second-order valence-corrected chi connectivity index (χ2v) is 7.19. The van der Waals surface area contributed by atoms with Gasteiger partial charge in [-0.25, -0.2) is 4.98 Å². The van der Waals surface area contributed by atoms with Crippen LogP contribution in [0.15, 0.2) is 48.8 Å². The van der Waals surface area contributed by atoms with E-state index in [1.807, 2.05) is 29.4 Å².